The highest BCUT2D eigenvalue weighted by atomic mass is 16.5. The highest BCUT2D eigenvalue weighted by Crippen LogP contribution is 2.29. The molecule has 0 bridgehead atoms. The van der Waals surface area contributed by atoms with Crippen molar-refractivity contribution in [1.29, 1.82) is 0 Å². The molecule has 1 N–H and O–H groups in total. The largest absolute Gasteiger partial charge is 0.496 e. The molecule has 26 heavy (non-hydrogen) atoms. The summed E-state index contributed by atoms with van der Waals surface area (Å²) in [6.45, 7) is -0.140. The molecule has 0 heterocycles. The predicted octanol–water partition coefficient (Wildman–Crippen LogP) is 3.50. The summed E-state index contributed by atoms with van der Waals surface area (Å²) >= 11 is 0. The summed E-state index contributed by atoms with van der Waals surface area (Å²) in [5.74, 6) is 1.61. The number of ether oxygens (including phenoxy) is 3. The van der Waals surface area contributed by atoms with Crippen LogP contribution < -0.4 is 14.2 Å². The summed E-state index contributed by atoms with van der Waals surface area (Å²) in [5, 5.41) is 9.45. The minimum Gasteiger partial charge on any atom is -0.496 e. The Hall–Kier alpha value is -3.05. The van der Waals surface area contributed by atoms with E-state index in [2.05, 4.69) is 0 Å². The van der Waals surface area contributed by atoms with Gasteiger partial charge >= 0.3 is 0 Å². The van der Waals surface area contributed by atoms with E-state index in [1.807, 2.05) is 6.07 Å². The summed E-state index contributed by atoms with van der Waals surface area (Å²) in [6.07, 6.45) is 6.15. The second kappa shape index (κ2) is 9.44. The first-order valence-electron chi connectivity index (χ1n) is 8.02. The number of hydrogen-bond acceptors (Lipinski definition) is 5. The van der Waals surface area contributed by atoms with Crippen molar-refractivity contribution in [2.45, 2.75) is 6.61 Å². The van der Waals surface area contributed by atoms with Gasteiger partial charge in [-0.15, -0.1) is 0 Å². The zero-order valence-electron chi connectivity index (χ0n) is 15.1. The van der Waals surface area contributed by atoms with Crippen LogP contribution >= 0.6 is 0 Å². The Morgan fingerprint density at radius 1 is 0.846 bits per heavy atom. The second-order valence-corrected chi connectivity index (χ2v) is 5.34. The Balaban J connectivity index is 2.25. The van der Waals surface area contributed by atoms with Crippen LogP contribution in [-0.4, -0.2) is 32.2 Å². The van der Waals surface area contributed by atoms with Crippen molar-refractivity contribution < 1.29 is 24.1 Å². The molecule has 5 heteroatoms. The van der Waals surface area contributed by atoms with Gasteiger partial charge in [-0.25, -0.2) is 0 Å². The van der Waals surface area contributed by atoms with Gasteiger partial charge in [-0.3, -0.25) is 4.79 Å². The van der Waals surface area contributed by atoms with Gasteiger partial charge in [-0.2, -0.15) is 0 Å². The van der Waals surface area contributed by atoms with Crippen molar-refractivity contribution in [3.05, 3.63) is 65.2 Å². The number of carbonyl (C=O) groups is 1. The molecule has 0 aliphatic rings. The van der Waals surface area contributed by atoms with E-state index in [1.165, 1.54) is 12.2 Å². The molecule has 0 atom stereocenters. The van der Waals surface area contributed by atoms with Crippen LogP contribution in [0.25, 0.3) is 12.2 Å². The molecule has 5 nitrogen and oxygen atoms in total. The molecule has 0 aliphatic carbocycles. The van der Waals surface area contributed by atoms with Crippen molar-refractivity contribution >= 4 is 17.9 Å². The Morgan fingerprint density at radius 2 is 1.31 bits per heavy atom. The van der Waals surface area contributed by atoms with E-state index in [1.54, 1.807) is 63.8 Å². The zero-order valence-corrected chi connectivity index (χ0v) is 15.1. The fourth-order valence-corrected chi connectivity index (χ4v) is 2.53. The van der Waals surface area contributed by atoms with Gasteiger partial charge in [-0.05, 0) is 48.1 Å². The van der Waals surface area contributed by atoms with Crippen LogP contribution in [0, 0.1) is 0 Å². The summed E-state index contributed by atoms with van der Waals surface area (Å²) < 4.78 is 15.9. The lowest BCUT2D eigenvalue weighted by molar-refractivity contribution is -0.110. The third kappa shape index (κ3) is 4.52. The van der Waals surface area contributed by atoms with Crippen molar-refractivity contribution in [3.63, 3.8) is 0 Å². The maximum absolute atomic E-state index is 12.2. The zero-order chi connectivity index (χ0) is 18.9. The number of methoxy groups -OCH3 is 3. The molecule has 136 valence electrons. The first kappa shape index (κ1) is 19.3. The Labute approximate surface area is 153 Å². The maximum atomic E-state index is 12.2. The van der Waals surface area contributed by atoms with Gasteiger partial charge in [0.15, 0.2) is 5.78 Å². The molecule has 0 spiro atoms. The summed E-state index contributed by atoms with van der Waals surface area (Å²) in [7, 11) is 4.67. The molecule has 0 unspecified atom stereocenters. The van der Waals surface area contributed by atoms with E-state index in [-0.39, 0.29) is 12.4 Å². The summed E-state index contributed by atoms with van der Waals surface area (Å²) in [5.41, 5.74) is 2.05. The molecular weight excluding hydrogens is 332 g/mol. The number of carbonyl (C=O) groups excluding carboxylic acids is 1. The SMILES string of the molecule is COc1cccc(CO)c1C=CC(=O)C=Cc1c(OC)cccc1OC. The lowest BCUT2D eigenvalue weighted by Crippen LogP contribution is -1.95. The molecule has 2 aromatic rings. The molecule has 0 saturated heterocycles. The predicted molar refractivity (Wildman–Crippen MR) is 102 cm³/mol. The van der Waals surface area contributed by atoms with Crippen LogP contribution in [0.2, 0.25) is 0 Å². The molecule has 0 amide bonds. The molecule has 0 aliphatic heterocycles. The van der Waals surface area contributed by atoms with Crippen molar-refractivity contribution in [3.8, 4) is 17.2 Å². The van der Waals surface area contributed by atoms with Crippen LogP contribution in [0.5, 0.6) is 17.2 Å². The molecule has 2 rings (SSSR count). The van der Waals surface area contributed by atoms with E-state index < -0.39 is 0 Å². The van der Waals surface area contributed by atoms with Gasteiger partial charge in [-0.1, -0.05) is 18.2 Å². The quantitative estimate of drug-likeness (QED) is 0.735. The number of hydrogen-bond donors (Lipinski definition) is 1. The lowest BCUT2D eigenvalue weighted by atomic mass is 10.1. The number of aliphatic hydroxyl groups is 1. The lowest BCUT2D eigenvalue weighted by Gasteiger charge is -2.09. The highest BCUT2D eigenvalue weighted by Gasteiger charge is 2.08. The number of allylic oxidation sites excluding steroid dienone is 2. The minimum atomic E-state index is -0.215. The van der Waals surface area contributed by atoms with Crippen molar-refractivity contribution in [1.82, 2.24) is 0 Å². The smallest absolute Gasteiger partial charge is 0.178 e. The van der Waals surface area contributed by atoms with E-state index in [0.717, 1.165) is 0 Å². The van der Waals surface area contributed by atoms with Crippen molar-refractivity contribution in [2.75, 3.05) is 21.3 Å². The third-order valence-corrected chi connectivity index (χ3v) is 3.84. The Bertz CT molecular complexity index is 709. The van der Waals surface area contributed by atoms with Crippen LogP contribution in [-0.2, 0) is 11.4 Å². The molecular formula is C21H22O5. The second-order valence-electron chi connectivity index (χ2n) is 5.34. The Morgan fingerprint density at radius 3 is 1.81 bits per heavy atom. The van der Waals surface area contributed by atoms with Gasteiger partial charge in [0, 0.05) is 5.56 Å². The minimum absolute atomic E-state index is 0.140. The number of benzene rings is 2. The van der Waals surface area contributed by atoms with Gasteiger partial charge < -0.3 is 19.3 Å². The topological polar surface area (TPSA) is 65.0 Å². The van der Waals surface area contributed by atoms with Crippen LogP contribution in [0.3, 0.4) is 0 Å². The van der Waals surface area contributed by atoms with Gasteiger partial charge in [0.2, 0.25) is 0 Å². The average molecular weight is 354 g/mol. The fourth-order valence-electron chi connectivity index (χ4n) is 2.53. The fraction of sp³-hybridized carbons (Fsp3) is 0.190. The molecule has 0 radical (unpaired) electrons. The summed E-state index contributed by atoms with van der Waals surface area (Å²) in [6, 6.07) is 10.8. The number of aliphatic hydroxyl groups excluding tert-OH is 1. The number of rotatable bonds is 8. The average Bonchev–Trinajstić information content (AvgIpc) is 2.69. The summed E-state index contributed by atoms with van der Waals surface area (Å²) in [4.78, 5) is 12.2. The monoisotopic (exact) mass is 354 g/mol. The van der Waals surface area contributed by atoms with Crippen LogP contribution in [0.4, 0.5) is 0 Å². The Kier molecular flexibility index (Phi) is 7.00. The molecule has 0 saturated carbocycles. The standard InChI is InChI=1S/C21H22O5/c1-24-19-7-4-6-15(14-22)17(19)12-10-16(23)11-13-18-20(25-2)8-5-9-21(18)26-3/h4-13,22H,14H2,1-3H3. The molecule has 2 aromatic carbocycles. The van der Waals surface area contributed by atoms with E-state index in [0.29, 0.717) is 33.9 Å². The van der Waals surface area contributed by atoms with Crippen LogP contribution in [0.1, 0.15) is 16.7 Å². The van der Waals surface area contributed by atoms with Gasteiger partial charge in [0.25, 0.3) is 0 Å². The first-order chi connectivity index (χ1) is 12.6. The van der Waals surface area contributed by atoms with Crippen molar-refractivity contribution in [2.24, 2.45) is 0 Å². The van der Waals surface area contributed by atoms with E-state index >= 15 is 0 Å². The third-order valence-electron chi connectivity index (χ3n) is 3.84. The van der Waals surface area contributed by atoms with E-state index in [9.17, 15) is 9.90 Å². The van der Waals surface area contributed by atoms with E-state index in [4.69, 9.17) is 14.2 Å². The molecule has 0 fully saturated rings. The maximum Gasteiger partial charge on any atom is 0.178 e. The molecule has 0 aromatic heterocycles. The van der Waals surface area contributed by atoms with Gasteiger partial charge in [0.1, 0.15) is 17.2 Å². The number of ketones is 1. The van der Waals surface area contributed by atoms with Crippen LogP contribution in [0.15, 0.2) is 48.6 Å². The normalized spacial score (nSPS) is 11.1. The first-order valence-corrected chi connectivity index (χ1v) is 8.02. The highest BCUT2D eigenvalue weighted by molar-refractivity contribution is 6.05. The van der Waals surface area contributed by atoms with Gasteiger partial charge in [0.05, 0.1) is 33.5 Å².